The zero-order chi connectivity index (χ0) is 17.1. The summed E-state index contributed by atoms with van der Waals surface area (Å²) in [5.41, 5.74) is 6.88. The van der Waals surface area contributed by atoms with Crippen molar-refractivity contribution in [1.82, 2.24) is 4.98 Å². The normalized spacial score (nSPS) is 10.4. The summed E-state index contributed by atoms with van der Waals surface area (Å²) < 4.78 is 24.8. The number of nitrogens with one attached hydrogen (secondary N) is 1. The molecule has 0 aliphatic rings. The van der Waals surface area contributed by atoms with Gasteiger partial charge in [-0.25, -0.2) is 4.39 Å². The van der Waals surface area contributed by atoms with E-state index in [1.807, 2.05) is 0 Å². The average Bonchev–Trinajstić information content (AvgIpc) is 2.57. The summed E-state index contributed by atoms with van der Waals surface area (Å²) in [5, 5.41) is 3.15. The van der Waals surface area contributed by atoms with E-state index in [4.69, 9.17) is 15.2 Å². The molecular weight excluding hydrogens is 313 g/mol. The first-order chi connectivity index (χ1) is 11.6. The van der Waals surface area contributed by atoms with Gasteiger partial charge in [0.05, 0.1) is 18.3 Å². The number of nitrogen functional groups attached to an aromatic ring is 1. The maximum Gasteiger partial charge on any atom is 0.211 e. The van der Waals surface area contributed by atoms with E-state index in [1.54, 1.807) is 30.5 Å². The van der Waals surface area contributed by atoms with E-state index in [2.05, 4.69) is 10.3 Å². The summed E-state index contributed by atoms with van der Waals surface area (Å²) in [6.45, 7) is 0. The number of ether oxygens (including phenoxy) is 2. The third-order valence-corrected chi connectivity index (χ3v) is 3.41. The van der Waals surface area contributed by atoms with Crippen LogP contribution in [-0.4, -0.2) is 18.5 Å². The molecule has 0 spiro atoms. The Morgan fingerprint density at radius 1 is 1.17 bits per heavy atom. The summed E-state index contributed by atoms with van der Waals surface area (Å²) in [7, 11) is 1.49. The highest BCUT2D eigenvalue weighted by molar-refractivity contribution is 5.92. The van der Waals surface area contributed by atoms with Crippen LogP contribution >= 0.6 is 0 Å². The van der Waals surface area contributed by atoms with E-state index in [9.17, 15) is 9.18 Å². The molecule has 1 heterocycles. The second kappa shape index (κ2) is 6.41. The summed E-state index contributed by atoms with van der Waals surface area (Å²) >= 11 is 0. The van der Waals surface area contributed by atoms with Gasteiger partial charge in [0.15, 0.2) is 11.6 Å². The zero-order valence-corrected chi connectivity index (χ0v) is 12.7. The molecule has 1 amide bonds. The molecule has 3 aromatic rings. The van der Waals surface area contributed by atoms with E-state index in [-0.39, 0.29) is 5.75 Å². The molecule has 0 saturated carbocycles. The molecular formula is C17H14FN3O3. The highest BCUT2D eigenvalue weighted by Gasteiger charge is 2.12. The summed E-state index contributed by atoms with van der Waals surface area (Å²) in [6.07, 6.45) is 2.08. The third-order valence-electron chi connectivity index (χ3n) is 3.41. The zero-order valence-electron chi connectivity index (χ0n) is 12.7. The van der Waals surface area contributed by atoms with Gasteiger partial charge in [-0.15, -0.1) is 0 Å². The quantitative estimate of drug-likeness (QED) is 0.554. The van der Waals surface area contributed by atoms with Gasteiger partial charge in [0.25, 0.3) is 0 Å². The molecule has 6 nitrogen and oxygen atoms in total. The number of fused-ring (bicyclic) bond motifs is 1. The SMILES string of the molecule is COc1cc2nccc(Oc3ccc(N)cc3F)c2cc1NC=O. The molecule has 0 unspecified atom stereocenters. The number of methoxy groups -OCH3 is 1. The Kier molecular flexibility index (Phi) is 4.15. The van der Waals surface area contributed by atoms with Gasteiger partial charge in [-0.3, -0.25) is 9.78 Å². The number of carbonyl (C=O) groups excluding carboxylic acids is 1. The molecule has 0 atom stereocenters. The minimum absolute atomic E-state index is 0.0393. The fraction of sp³-hybridized carbons (Fsp3) is 0.0588. The lowest BCUT2D eigenvalue weighted by molar-refractivity contribution is -0.105. The molecule has 0 bridgehead atoms. The maximum atomic E-state index is 14.0. The number of aromatic nitrogens is 1. The first kappa shape index (κ1) is 15.5. The van der Waals surface area contributed by atoms with Gasteiger partial charge in [-0.05, 0) is 24.3 Å². The van der Waals surface area contributed by atoms with Gasteiger partial charge < -0.3 is 20.5 Å². The number of anilines is 2. The van der Waals surface area contributed by atoms with E-state index in [0.717, 1.165) is 0 Å². The number of halogens is 1. The number of pyridine rings is 1. The molecule has 122 valence electrons. The molecule has 0 radical (unpaired) electrons. The molecule has 1 aromatic heterocycles. The van der Waals surface area contributed by atoms with Crippen molar-refractivity contribution < 1.29 is 18.7 Å². The van der Waals surface area contributed by atoms with Crippen molar-refractivity contribution in [2.24, 2.45) is 0 Å². The molecule has 0 aliphatic heterocycles. The van der Waals surface area contributed by atoms with Crippen molar-refractivity contribution >= 4 is 28.7 Å². The van der Waals surface area contributed by atoms with Crippen LogP contribution in [0.1, 0.15) is 0 Å². The van der Waals surface area contributed by atoms with Crippen LogP contribution in [0.25, 0.3) is 10.9 Å². The van der Waals surface area contributed by atoms with Crippen LogP contribution in [-0.2, 0) is 4.79 Å². The molecule has 0 aliphatic carbocycles. The highest BCUT2D eigenvalue weighted by Crippen LogP contribution is 2.36. The van der Waals surface area contributed by atoms with Gasteiger partial charge in [0.1, 0.15) is 11.5 Å². The molecule has 2 aromatic carbocycles. The van der Waals surface area contributed by atoms with Gasteiger partial charge >= 0.3 is 0 Å². The fourth-order valence-electron chi connectivity index (χ4n) is 2.30. The van der Waals surface area contributed by atoms with Crippen molar-refractivity contribution in [1.29, 1.82) is 0 Å². The van der Waals surface area contributed by atoms with Crippen molar-refractivity contribution in [2.75, 3.05) is 18.2 Å². The second-order valence-electron chi connectivity index (χ2n) is 4.93. The minimum atomic E-state index is -0.570. The van der Waals surface area contributed by atoms with Crippen molar-refractivity contribution in [3.05, 3.63) is 48.4 Å². The first-order valence-electron chi connectivity index (χ1n) is 7.02. The van der Waals surface area contributed by atoms with E-state index >= 15 is 0 Å². The van der Waals surface area contributed by atoms with Gasteiger partial charge in [-0.2, -0.15) is 0 Å². The molecule has 7 heteroatoms. The molecule has 0 fully saturated rings. The first-order valence-corrected chi connectivity index (χ1v) is 7.02. The average molecular weight is 327 g/mol. The van der Waals surface area contributed by atoms with Crippen LogP contribution < -0.4 is 20.5 Å². The van der Waals surface area contributed by atoms with Crippen LogP contribution in [0.2, 0.25) is 0 Å². The Morgan fingerprint density at radius 3 is 2.71 bits per heavy atom. The molecule has 0 saturated heterocycles. The Hall–Kier alpha value is -3.35. The Morgan fingerprint density at radius 2 is 2.00 bits per heavy atom. The summed E-state index contributed by atoms with van der Waals surface area (Å²) in [4.78, 5) is 15.0. The van der Waals surface area contributed by atoms with Crippen LogP contribution in [0.3, 0.4) is 0 Å². The van der Waals surface area contributed by atoms with Crippen molar-refractivity contribution in [2.45, 2.75) is 0 Å². The Balaban J connectivity index is 2.10. The summed E-state index contributed by atoms with van der Waals surface area (Å²) in [5.74, 6) is 0.315. The molecule has 3 rings (SSSR count). The lowest BCUT2D eigenvalue weighted by Gasteiger charge is -2.13. The minimum Gasteiger partial charge on any atom is -0.494 e. The number of carbonyl (C=O) groups is 1. The number of amides is 1. The summed E-state index contributed by atoms with van der Waals surface area (Å²) in [6, 6.07) is 9.10. The number of hydrogen-bond acceptors (Lipinski definition) is 5. The Bertz CT molecular complexity index is 915. The monoisotopic (exact) mass is 327 g/mol. The lowest BCUT2D eigenvalue weighted by Crippen LogP contribution is -1.99. The van der Waals surface area contributed by atoms with E-state index in [0.29, 0.717) is 40.2 Å². The van der Waals surface area contributed by atoms with Gasteiger partial charge in [0.2, 0.25) is 6.41 Å². The largest absolute Gasteiger partial charge is 0.494 e. The van der Waals surface area contributed by atoms with Crippen LogP contribution in [0.5, 0.6) is 17.2 Å². The molecule has 3 N–H and O–H groups in total. The number of hydrogen-bond donors (Lipinski definition) is 2. The highest BCUT2D eigenvalue weighted by atomic mass is 19.1. The Labute approximate surface area is 137 Å². The number of benzene rings is 2. The number of nitrogens with two attached hydrogens (primary N) is 1. The fourth-order valence-corrected chi connectivity index (χ4v) is 2.30. The number of nitrogens with zero attached hydrogens (tertiary/aromatic N) is 1. The topological polar surface area (TPSA) is 86.5 Å². The predicted octanol–water partition coefficient (Wildman–Crippen LogP) is 3.33. The van der Waals surface area contributed by atoms with Crippen LogP contribution in [0.4, 0.5) is 15.8 Å². The predicted molar refractivity (Wildman–Crippen MR) is 88.9 cm³/mol. The maximum absolute atomic E-state index is 14.0. The van der Waals surface area contributed by atoms with Gasteiger partial charge in [-0.1, -0.05) is 0 Å². The van der Waals surface area contributed by atoms with Crippen molar-refractivity contribution in [3.8, 4) is 17.2 Å². The van der Waals surface area contributed by atoms with E-state index < -0.39 is 5.82 Å². The van der Waals surface area contributed by atoms with Gasteiger partial charge in [0, 0.05) is 29.4 Å². The van der Waals surface area contributed by atoms with Crippen LogP contribution in [0, 0.1) is 5.82 Å². The third kappa shape index (κ3) is 2.91. The number of rotatable bonds is 5. The second-order valence-corrected chi connectivity index (χ2v) is 4.93. The standard InChI is InChI=1S/C17H14FN3O3/c1-23-17-8-13-11(7-14(17)21-9-22)15(4-5-20-13)24-16-3-2-10(19)6-12(16)18/h2-9H,19H2,1H3,(H,21,22). The smallest absolute Gasteiger partial charge is 0.211 e. The molecule has 24 heavy (non-hydrogen) atoms. The van der Waals surface area contributed by atoms with Crippen molar-refractivity contribution in [3.63, 3.8) is 0 Å². The van der Waals surface area contributed by atoms with E-state index in [1.165, 1.54) is 19.2 Å². The van der Waals surface area contributed by atoms with Crippen LogP contribution in [0.15, 0.2) is 42.6 Å². The lowest BCUT2D eigenvalue weighted by atomic mass is 10.1.